The summed E-state index contributed by atoms with van der Waals surface area (Å²) in [6.07, 6.45) is 1.68. The number of hydrogen-bond acceptors (Lipinski definition) is 4. The van der Waals surface area contributed by atoms with Gasteiger partial charge in [-0.2, -0.15) is 11.8 Å². The van der Waals surface area contributed by atoms with E-state index in [0.29, 0.717) is 5.02 Å². The molecule has 1 N–H and O–H groups in total. The Morgan fingerprint density at radius 3 is 2.80 bits per heavy atom. The van der Waals surface area contributed by atoms with Gasteiger partial charge in [0.05, 0.1) is 11.6 Å². The van der Waals surface area contributed by atoms with Gasteiger partial charge in [0.1, 0.15) is 5.82 Å². The first-order valence-corrected chi connectivity index (χ1v) is 6.42. The second-order valence-electron chi connectivity index (χ2n) is 3.41. The van der Waals surface area contributed by atoms with Gasteiger partial charge < -0.3 is 10.0 Å². The maximum absolute atomic E-state index is 8.95. The van der Waals surface area contributed by atoms with E-state index in [1.54, 1.807) is 12.3 Å². The molecule has 5 heteroatoms. The molecule has 0 saturated carbocycles. The van der Waals surface area contributed by atoms with Gasteiger partial charge in [-0.15, -0.1) is 0 Å². The van der Waals surface area contributed by atoms with Gasteiger partial charge in [-0.1, -0.05) is 11.6 Å². The molecule has 1 aliphatic rings. The van der Waals surface area contributed by atoms with Crippen LogP contribution in [0.5, 0.6) is 0 Å². The maximum atomic E-state index is 8.95. The Morgan fingerprint density at radius 1 is 1.47 bits per heavy atom. The predicted molar refractivity (Wildman–Crippen MR) is 64.7 cm³/mol. The highest BCUT2D eigenvalue weighted by Crippen LogP contribution is 2.26. The van der Waals surface area contributed by atoms with Gasteiger partial charge in [-0.05, 0) is 11.6 Å². The number of thioether (sulfide) groups is 1. The molecule has 0 amide bonds. The fraction of sp³-hybridized carbons (Fsp3) is 0.500. The normalized spacial score (nSPS) is 16.8. The first-order chi connectivity index (χ1) is 7.31. The van der Waals surface area contributed by atoms with Crippen molar-refractivity contribution in [2.45, 2.75) is 6.61 Å². The van der Waals surface area contributed by atoms with Crippen molar-refractivity contribution in [2.24, 2.45) is 0 Å². The minimum atomic E-state index is -0.0111. The van der Waals surface area contributed by atoms with Crippen LogP contribution in [0.15, 0.2) is 12.3 Å². The summed E-state index contributed by atoms with van der Waals surface area (Å²) in [5.74, 6) is 3.09. The molecule has 15 heavy (non-hydrogen) atoms. The number of anilines is 1. The van der Waals surface area contributed by atoms with Crippen LogP contribution in [0.2, 0.25) is 5.02 Å². The molecule has 82 valence electrons. The Bertz CT molecular complexity index is 342. The summed E-state index contributed by atoms with van der Waals surface area (Å²) in [4.78, 5) is 6.49. The van der Waals surface area contributed by atoms with Crippen molar-refractivity contribution in [2.75, 3.05) is 29.5 Å². The predicted octanol–water partition coefficient (Wildman–Crippen LogP) is 1.78. The molecule has 0 spiro atoms. The summed E-state index contributed by atoms with van der Waals surface area (Å²) in [6, 6.07) is 1.78. The van der Waals surface area contributed by atoms with Crippen LogP contribution in [0.4, 0.5) is 5.82 Å². The summed E-state index contributed by atoms with van der Waals surface area (Å²) in [5.41, 5.74) is 0.759. The molecular weight excluding hydrogens is 232 g/mol. The van der Waals surface area contributed by atoms with Crippen LogP contribution in [0.25, 0.3) is 0 Å². The Labute approximate surface area is 98.5 Å². The third-order valence-electron chi connectivity index (χ3n) is 2.37. The van der Waals surface area contributed by atoms with Crippen molar-refractivity contribution in [3.63, 3.8) is 0 Å². The van der Waals surface area contributed by atoms with E-state index in [1.165, 1.54) is 0 Å². The summed E-state index contributed by atoms with van der Waals surface area (Å²) in [6.45, 7) is 1.98. The molecule has 0 atom stereocenters. The number of aliphatic hydroxyl groups excluding tert-OH is 1. The molecule has 0 unspecified atom stereocenters. The lowest BCUT2D eigenvalue weighted by molar-refractivity contribution is 0.281. The van der Waals surface area contributed by atoms with Gasteiger partial charge in [0.25, 0.3) is 0 Å². The number of pyridine rings is 1. The molecule has 0 aromatic carbocycles. The van der Waals surface area contributed by atoms with Crippen molar-refractivity contribution >= 4 is 29.2 Å². The molecule has 1 aromatic rings. The van der Waals surface area contributed by atoms with E-state index in [4.69, 9.17) is 16.7 Å². The lowest BCUT2D eigenvalue weighted by atomic mass is 10.3. The highest BCUT2D eigenvalue weighted by Gasteiger charge is 2.15. The number of rotatable bonds is 2. The van der Waals surface area contributed by atoms with Crippen LogP contribution in [0.3, 0.4) is 0 Å². The van der Waals surface area contributed by atoms with E-state index in [2.05, 4.69) is 9.88 Å². The van der Waals surface area contributed by atoms with E-state index in [1.807, 2.05) is 11.8 Å². The second kappa shape index (κ2) is 5.05. The summed E-state index contributed by atoms with van der Waals surface area (Å²) < 4.78 is 0. The van der Waals surface area contributed by atoms with Crippen molar-refractivity contribution in [3.8, 4) is 0 Å². The lowest BCUT2D eigenvalue weighted by Crippen LogP contribution is -2.33. The number of hydrogen-bond donors (Lipinski definition) is 1. The molecule has 0 aliphatic carbocycles. The van der Waals surface area contributed by atoms with Gasteiger partial charge in [0.2, 0.25) is 0 Å². The minimum Gasteiger partial charge on any atom is -0.392 e. The first-order valence-electron chi connectivity index (χ1n) is 4.89. The van der Waals surface area contributed by atoms with Crippen molar-refractivity contribution < 1.29 is 5.11 Å². The van der Waals surface area contributed by atoms with Gasteiger partial charge in [-0.25, -0.2) is 4.98 Å². The van der Waals surface area contributed by atoms with Gasteiger partial charge in [0, 0.05) is 30.8 Å². The molecule has 1 fully saturated rings. The van der Waals surface area contributed by atoms with E-state index in [9.17, 15) is 0 Å². The Morgan fingerprint density at radius 2 is 2.20 bits per heavy atom. The first kappa shape index (κ1) is 11.0. The number of nitrogens with zero attached hydrogens (tertiary/aromatic N) is 2. The van der Waals surface area contributed by atoms with Crippen LogP contribution in [0, 0.1) is 0 Å². The lowest BCUT2D eigenvalue weighted by Gasteiger charge is -2.28. The summed E-state index contributed by atoms with van der Waals surface area (Å²) in [5, 5.41) is 9.58. The topological polar surface area (TPSA) is 36.4 Å². The van der Waals surface area contributed by atoms with E-state index in [-0.39, 0.29) is 6.61 Å². The fourth-order valence-electron chi connectivity index (χ4n) is 1.56. The largest absolute Gasteiger partial charge is 0.392 e. The zero-order chi connectivity index (χ0) is 10.7. The average Bonchev–Trinajstić information content (AvgIpc) is 2.30. The zero-order valence-electron chi connectivity index (χ0n) is 8.32. The molecular formula is C10H13ClN2OS. The zero-order valence-corrected chi connectivity index (χ0v) is 9.89. The molecule has 3 nitrogen and oxygen atoms in total. The van der Waals surface area contributed by atoms with Crippen LogP contribution >= 0.6 is 23.4 Å². The molecule has 0 bridgehead atoms. The number of aliphatic hydroxyl groups is 1. The van der Waals surface area contributed by atoms with Gasteiger partial charge >= 0.3 is 0 Å². The smallest absolute Gasteiger partial charge is 0.147 e. The Kier molecular flexibility index (Phi) is 3.72. The monoisotopic (exact) mass is 244 g/mol. The molecule has 2 rings (SSSR count). The molecule has 1 saturated heterocycles. The standard InChI is InChI=1S/C10H13ClN2OS/c11-9-5-8(7-14)6-12-10(9)13-1-3-15-4-2-13/h5-6,14H,1-4,7H2. The Hall–Kier alpha value is -0.450. The van der Waals surface area contributed by atoms with Crippen molar-refractivity contribution in [1.29, 1.82) is 0 Å². The molecule has 0 radical (unpaired) electrons. The highest BCUT2D eigenvalue weighted by atomic mass is 35.5. The number of aromatic nitrogens is 1. The fourth-order valence-corrected chi connectivity index (χ4v) is 2.78. The SMILES string of the molecule is OCc1cnc(N2CCSCC2)c(Cl)c1. The molecule has 2 heterocycles. The van der Waals surface area contributed by atoms with Gasteiger partial charge in [-0.3, -0.25) is 0 Å². The van der Waals surface area contributed by atoms with E-state index in [0.717, 1.165) is 36.0 Å². The quantitative estimate of drug-likeness (QED) is 0.861. The molecule has 1 aromatic heterocycles. The summed E-state index contributed by atoms with van der Waals surface area (Å²) >= 11 is 8.07. The third kappa shape index (κ3) is 2.56. The average molecular weight is 245 g/mol. The van der Waals surface area contributed by atoms with Crippen LogP contribution in [-0.4, -0.2) is 34.7 Å². The second-order valence-corrected chi connectivity index (χ2v) is 5.04. The van der Waals surface area contributed by atoms with Gasteiger partial charge in [0.15, 0.2) is 0 Å². The molecule has 1 aliphatic heterocycles. The third-order valence-corrected chi connectivity index (χ3v) is 3.59. The van der Waals surface area contributed by atoms with Crippen LogP contribution in [0.1, 0.15) is 5.56 Å². The minimum absolute atomic E-state index is 0.0111. The van der Waals surface area contributed by atoms with Crippen LogP contribution in [-0.2, 0) is 6.61 Å². The van der Waals surface area contributed by atoms with Crippen molar-refractivity contribution in [1.82, 2.24) is 4.98 Å². The van der Waals surface area contributed by atoms with E-state index < -0.39 is 0 Å². The van der Waals surface area contributed by atoms with Crippen LogP contribution < -0.4 is 4.90 Å². The maximum Gasteiger partial charge on any atom is 0.147 e. The van der Waals surface area contributed by atoms with E-state index >= 15 is 0 Å². The summed E-state index contributed by atoms with van der Waals surface area (Å²) in [7, 11) is 0. The number of halogens is 1. The van der Waals surface area contributed by atoms with Crippen molar-refractivity contribution in [3.05, 3.63) is 22.8 Å². The Balaban J connectivity index is 2.19. The highest BCUT2D eigenvalue weighted by molar-refractivity contribution is 7.99.